The Labute approximate surface area is 159 Å². The molecule has 0 aromatic heterocycles. The summed E-state index contributed by atoms with van der Waals surface area (Å²) in [5, 5.41) is 4.98. The molecule has 4 N–H and O–H groups in total. The molecule has 3 amide bonds. The average molecular weight is 379 g/mol. The van der Waals surface area contributed by atoms with E-state index < -0.39 is 35.1 Å². The molecular formula is C19H29N3O5. The quantitative estimate of drug-likeness (QED) is 0.632. The number of carbonyl (C=O) groups is 3. The number of ether oxygens (including phenoxy) is 2. The van der Waals surface area contributed by atoms with Crippen molar-refractivity contribution in [3.63, 3.8) is 0 Å². The highest BCUT2D eigenvalue weighted by Crippen LogP contribution is 2.10. The summed E-state index contributed by atoms with van der Waals surface area (Å²) >= 11 is 0. The molecule has 1 rings (SSSR count). The number of nitrogens with one attached hydrogen (secondary N) is 2. The molecule has 8 heteroatoms. The van der Waals surface area contributed by atoms with Crippen LogP contribution in [0.2, 0.25) is 0 Å². The van der Waals surface area contributed by atoms with Gasteiger partial charge in [0.05, 0.1) is 13.2 Å². The number of primary amides is 1. The Morgan fingerprint density at radius 3 is 2.19 bits per heavy atom. The summed E-state index contributed by atoms with van der Waals surface area (Å²) in [4.78, 5) is 36.0. The monoisotopic (exact) mass is 379 g/mol. The fraction of sp³-hybridized carbons (Fsp3) is 0.526. The van der Waals surface area contributed by atoms with E-state index in [0.29, 0.717) is 0 Å². The summed E-state index contributed by atoms with van der Waals surface area (Å²) in [5.41, 5.74) is 4.27. The third kappa shape index (κ3) is 8.54. The van der Waals surface area contributed by atoms with Crippen molar-refractivity contribution in [2.45, 2.75) is 58.4 Å². The van der Waals surface area contributed by atoms with Gasteiger partial charge in [-0.2, -0.15) is 0 Å². The molecule has 0 aliphatic carbocycles. The van der Waals surface area contributed by atoms with Gasteiger partial charge in [0.15, 0.2) is 0 Å². The lowest BCUT2D eigenvalue weighted by molar-refractivity contribution is -0.132. The van der Waals surface area contributed by atoms with Crippen LogP contribution in [0.4, 0.5) is 4.79 Å². The minimum atomic E-state index is -1.31. The summed E-state index contributed by atoms with van der Waals surface area (Å²) in [7, 11) is 0. The molecule has 0 unspecified atom stereocenters. The Hall–Kier alpha value is -2.61. The van der Waals surface area contributed by atoms with Gasteiger partial charge in [-0.1, -0.05) is 30.3 Å². The van der Waals surface area contributed by atoms with Crippen molar-refractivity contribution < 1.29 is 23.9 Å². The van der Waals surface area contributed by atoms with Gasteiger partial charge in [0.1, 0.15) is 17.2 Å². The fourth-order valence-corrected chi connectivity index (χ4v) is 2.02. The van der Waals surface area contributed by atoms with E-state index in [4.69, 9.17) is 15.2 Å². The van der Waals surface area contributed by atoms with E-state index in [1.165, 1.54) is 13.8 Å². The summed E-state index contributed by atoms with van der Waals surface area (Å²) in [6, 6.07) is 8.36. The second kappa shape index (κ2) is 9.36. The van der Waals surface area contributed by atoms with Crippen molar-refractivity contribution in [2.75, 3.05) is 6.61 Å². The topological polar surface area (TPSA) is 120 Å². The first-order chi connectivity index (χ1) is 12.4. The summed E-state index contributed by atoms with van der Waals surface area (Å²) in [6.45, 7) is 8.33. The van der Waals surface area contributed by atoms with Crippen LogP contribution in [0.3, 0.4) is 0 Å². The van der Waals surface area contributed by atoms with E-state index in [-0.39, 0.29) is 13.2 Å². The molecule has 0 heterocycles. The molecular weight excluding hydrogens is 350 g/mol. The Kier molecular flexibility index (Phi) is 7.78. The van der Waals surface area contributed by atoms with Crippen LogP contribution in [-0.2, 0) is 25.7 Å². The molecule has 0 fully saturated rings. The van der Waals surface area contributed by atoms with Crippen molar-refractivity contribution in [1.82, 2.24) is 10.6 Å². The number of amides is 3. The molecule has 0 saturated heterocycles. The Balaban J connectivity index is 2.60. The SMILES string of the molecule is CC(C)(C)OC(=O)NC(C)(C)C(=O)N[C@H](COCc1ccccc1)C(N)=O. The maximum absolute atomic E-state index is 12.5. The third-order valence-corrected chi connectivity index (χ3v) is 3.43. The highest BCUT2D eigenvalue weighted by molar-refractivity contribution is 5.93. The second-order valence-corrected chi connectivity index (χ2v) is 7.68. The van der Waals surface area contributed by atoms with Crippen LogP contribution in [-0.4, -0.2) is 41.7 Å². The van der Waals surface area contributed by atoms with Gasteiger partial charge < -0.3 is 25.8 Å². The average Bonchev–Trinajstić information content (AvgIpc) is 2.52. The minimum absolute atomic E-state index is 0.0848. The first-order valence-electron chi connectivity index (χ1n) is 8.64. The number of alkyl carbamates (subject to hydrolysis) is 1. The zero-order valence-electron chi connectivity index (χ0n) is 16.5. The molecule has 0 radical (unpaired) electrons. The minimum Gasteiger partial charge on any atom is -0.444 e. The second-order valence-electron chi connectivity index (χ2n) is 7.68. The molecule has 8 nitrogen and oxygen atoms in total. The zero-order chi connectivity index (χ0) is 20.7. The lowest BCUT2D eigenvalue weighted by atomic mass is 10.0. The first-order valence-corrected chi connectivity index (χ1v) is 8.64. The smallest absolute Gasteiger partial charge is 0.408 e. The number of rotatable bonds is 8. The van der Waals surface area contributed by atoms with Crippen molar-refractivity contribution in [3.8, 4) is 0 Å². The molecule has 150 valence electrons. The zero-order valence-corrected chi connectivity index (χ0v) is 16.5. The van der Waals surface area contributed by atoms with Gasteiger partial charge >= 0.3 is 6.09 Å². The van der Waals surface area contributed by atoms with Crippen LogP contribution >= 0.6 is 0 Å². The maximum atomic E-state index is 12.5. The van der Waals surface area contributed by atoms with Crippen molar-refractivity contribution in [3.05, 3.63) is 35.9 Å². The van der Waals surface area contributed by atoms with E-state index in [1.54, 1.807) is 20.8 Å². The number of hydrogen-bond acceptors (Lipinski definition) is 5. The molecule has 0 aliphatic heterocycles. The van der Waals surface area contributed by atoms with Crippen molar-refractivity contribution in [1.29, 1.82) is 0 Å². The van der Waals surface area contributed by atoms with E-state index >= 15 is 0 Å². The number of benzene rings is 1. The van der Waals surface area contributed by atoms with Crippen LogP contribution in [0.1, 0.15) is 40.2 Å². The molecule has 1 aromatic carbocycles. The van der Waals surface area contributed by atoms with Crippen molar-refractivity contribution >= 4 is 17.9 Å². The van der Waals surface area contributed by atoms with Crippen LogP contribution in [0, 0.1) is 0 Å². The van der Waals surface area contributed by atoms with Crippen LogP contribution in [0.5, 0.6) is 0 Å². The molecule has 1 aromatic rings. The molecule has 0 spiro atoms. The highest BCUT2D eigenvalue weighted by Gasteiger charge is 2.33. The summed E-state index contributed by atoms with van der Waals surface area (Å²) in [6.07, 6.45) is -0.737. The van der Waals surface area contributed by atoms with Gasteiger partial charge in [-0.05, 0) is 40.2 Å². The van der Waals surface area contributed by atoms with E-state index in [1.807, 2.05) is 30.3 Å². The molecule has 0 aliphatic rings. The van der Waals surface area contributed by atoms with E-state index in [0.717, 1.165) is 5.56 Å². The summed E-state index contributed by atoms with van der Waals surface area (Å²) < 4.78 is 10.6. The lowest BCUT2D eigenvalue weighted by Crippen LogP contribution is -2.59. The largest absolute Gasteiger partial charge is 0.444 e. The number of nitrogens with two attached hydrogens (primary N) is 1. The Morgan fingerprint density at radius 1 is 1.07 bits per heavy atom. The third-order valence-electron chi connectivity index (χ3n) is 3.43. The van der Waals surface area contributed by atoms with E-state index in [2.05, 4.69) is 10.6 Å². The molecule has 0 bridgehead atoms. The normalized spacial score (nSPS) is 12.8. The Morgan fingerprint density at radius 2 is 1.67 bits per heavy atom. The Bertz CT molecular complexity index is 653. The van der Waals surface area contributed by atoms with Gasteiger partial charge in [0, 0.05) is 0 Å². The van der Waals surface area contributed by atoms with Gasteiger partial charge in [-0.15, -0.1) is 0 Å². The van der Waals surface area contributed by atoms with Crippen molar-refractivity contribution in [2.24, 2.45) is 5.73 Å². The maximum Gasteiger partial charge on any atom is 0.408 e. The van der Waals surface area contributed by atoms with Crippen LogP contribution in [0.25, 0.3) is 0 Å². The van der Waals surface area contributed by atoms with Gasteiger partial charge in [0.25, 0.3) is 0 Å². The van der Waals surface area contributed by atoms with E-state index in [9.17, 15) is 14.4 Å². The lowest BCUT2D eigenvalue weighted by Gasteiger charge is -2.29. The predicted molar refractivity (Wildman–Crippen MR) is 101 cm³/mol. The molecule has 27 heavy (non-hydrogen) atoms. The van der Waals surface area contributed by atoms with Crippen LogP contribution < -0.4 is 16.4 Å². The van der Waals surface area contributed by atoms with Gasteiger partial charge in [-0.3, -0.25) is 9.59 Å². The van der Waals surface area contributed by atoms with Gasteiger partial charge in [0.2, 0.25) is 11.8 Å². The highest BCUT2D eigenvalue weighted by atomic mass is 16.6. The predicted octanol–water partition coefficient (Wildman–Crippen LogP) is 1.48. The molecule has 1 atom stereocenters. The van der Waals surface area contributed by atoms with Gasteiger partial charge in [-0.25, -0.2) is 4.79 Å². The first kappa shape index (κ1) is 22.4. The van der Waals surface area contributed by atoms with Crippen LogP contribution in [0.15, 0.2) is 30.3 Å². The number of hydrogen-bond donors (Lipinski definition) is 3. The molecule has 0 saturated carbocycles. The summed E-state index contributed by atoms with van der Waals surface area (Å²) in [5.74, 6) is -1.31. The standard InChI is InChI=1S/C19H29N3O5/c1-18(2,3)27-17(25)22-19(4,5)16(24)21-14(15(20)23)12-26-11-13-9-7-6-8-10-13/h6-10,14H,11-12H2,1-5H3,(H2,20,23)(H,21,24)(H,22,25)/t14-/m1/s1. The number of carbonyl (C=O) groups excluding carboxylic acids is 3. The fourth-order valence-electron chi connectivity index (χ4n) is 2.02.